The zero-order chi connectivity index (χ0) is 19.7. The molecule has 142 valence electrons. The fourth-order valence-corrected chi connectivity index (χ4v) is 3.69. The molecule has 2 heterocycles. The molecule has 3 rings (SSSR count). The number of amides is 1. The molecule has 0 bridgehead atoms. The molecule has 1 amide bonds. The average Bonchev–Trinajstić information content (AvgIpc) is 2.88. The molecule has 0 fully saturated rings. The number of carbonyl (C=O) groups is 1. The Kier molecular flexibility index (Phi) is 5.37. The fourth-order valence-electron chi connectivity index (χ4n) is 3.48. The second-order valence-electron chi connectivity index (χ2n) is 6.87. The number of hydrogen-bond acceptors (Lipinski definition) is 3. The summed E-state index contributed by atoms with van der Waals surface area (Å²) in [7, 11) is 3.56. The summed E-state index contributed by atoms with van der Waals surface area (Å²) >= 11 is 6.00. The van der Waals surface area contributed by atoms with Crippen molar-refractivity contribution in [1.29, 1.82) is 0 Å². The first kappa shape index (κ1) is 19.2. The minimum atomic E-state index is -0.159. The Bertz CT molecular complexity index is 1070. The van der Waals surface area contributed by atoms with Gasteiger partial charge in [-0.15, -0.1) is 0 Å². The molecule has 0 saturated heterocycles. The summed E-state index contributed by atoms with van der Waals surface area (Å²) < 4.78 is 1.67. The number of hydrogen-bond donors (Lipinski definition) is 1. The van der Waals surface area contributed by atoms with Crippen molar-refractivity contribution in [3.05, 3.63) is 62.0 Å². The quantitative estimate of drug-likeness (QED) is 0.732. The molecule has 0 saturated carbocycles. The van der Waals surface area contributed by atoms with Crippen LogP contribution in [-0.2, 0) is 24.8 Å². The van der Waals surface area contributed by atoms with Gasteiger partial charge in [-0.25, -0.2) is 0 Å². The molecule has 1 aromatic carbocycles. The normalized spacial score (nSPS) is 11.1. The summed E-state index contributed by atoms with van der Waals surface area (Å²) in [6, 6.07) is 7.45. The van der Waals surface area contributed by atoms with E-state index in [1.54, 1.807) is 29.7 Å². The van der Waals surface area contributed by atoms with Gasteiger partial charge in [-0.05, 0) is 43.5 Å². The second-order valence-corrected chi connectivity index (χ2v) is 7.31. The third kappa shape index (κ3) is 3.90. The topological polar surface area (TPSA) is 71.0 Å². The summed E-state index contributed by atoms with van der Waals surface area (Å²) in [5.41, 5.74) is 3.93. The van der Waals surface area contributed by atoms with Gasteiger partial charge in [0.05, 0.1) is 5.69 Å². The van der Waals surface area contributed by atoms with Crippen LogP contribution in [0.5, 0.6) is 0 Å². The number of benzene rings is 1. The lowest BCUT2D eigenvalue weighted by Crippen LogP contribution is -2.27. The van der Waals surface area contributed by atoms with Crippen LogP contribution in [0.2, 0.25) is 5.02 Å². The lowest BCUT2D eigenvalue weighted by Gasteiger charge is -2.17. The van der Waals surface area contributed by atoms with E-state index >= 15 is 0 Å². The Morgan fingerprint density at radius 2 is 2.07 bits per heavy atom. The molecule has 3 aromatic rings. The first-order chi connectivity index (χ1) is 12.8. The van der Waals surface area contributed by atoms with Gasteiger partial charge in [0, 0.05) is 43.0 Å². The monoisotopic (exact) mass is 386 g/mol. The molecule has 0 atom stereocenters. The van der Waals surface area contributed by atoms with Crippen LogP contribution >= 0.6 is 11.6 Å². The van der Waals surface area contributed by atoms with E-state index in [-0.39, 0.29) is 17.9 Å². The Morgan fingerprint density at radius 3 is 2.78 bits per heavy atom. The van der Waals surface area contributed by atoms with Crippen LogP contribution in [0.25, 0.3) is 11.0 Å². The van der Waals surface area contributed by atoms with E-state index in [9.17, 15) is 9.59 Å². The Labute approximate surface area is 162 Å². The molecule has 2 aromatic heterocycles. The van der Waals surface area contributed by atoms with Crippen molar-refractivity contribution >= 4 is 28.5 Å². The fraction of sp³-hybridized carbons (Fsp3) is 0.350. The van der Waals surface area contributed by atoms with Crippen LogP contribution in [0.15, 0.2) is 29.1 Å². The van der Waals surface area contributed by atoms with Crippen molar-refractivity contribution in [2.75, 3.05) is 7.05 Å². The molecule has 1 N–H and O–H groups in total. The summed E-state index contributed by atoms with van der Waals surface area (Å²) in [6.45, 7) is 4.32. The van der Waals surface area contributed by atoms with E-state index in [0.717, 1.165) is 22.2 Å². The lowest BCUT2D eigenvalue weighted by molar-refractivity contribution is -0.130. The molecule has 0 aliphatic heterocycles. The first-order valence-corrected chi connectivity index (χ1v) is 9.19. The van der Waals surface area contributed by atoms with Gasteiger partial charge in [0.15, 0.2) is 0 Å². The van der Waals surface area contributed by atoms with Crippen LogP contribution in [0.4, 0.5) is 0 Å². The molecule has 7 heteroatoms. The van der Waals surface area contributed by atoms with Crippen LogP contribution < -0.4 is 5.56 Å². The van der Waals surface area contributed by atoms with Gasteiger partial charge in [-0.3, -0.25) is 14.3 Å². The summed E-state index contributed by atoms with van der Waals surface area (Å²) in [4.78, 5) is 29.6. The number of H-pyrrole nitrogens is 1. The Balaban J connectivity index is 1.75. The van der Waals surface area contributed by atoms with Gasteiger partial charge >= 0.3 is 0 Å². The number of halogens is 1. The molecule has 0 unspecified atom stereocenters. The number of nitrogens with one attached hydrogen (secondary N) is 1. The molecule has 0 aliphatic carbocycles. The largest absolute Gasteiger partial charge is 0.341 e. The predicted octanol–water partition coefficient (Wildman–Crippen LogP) is 3.12. The first-order valence-electron chi connectivity index (χ1n) is 8.81. The minimum absolute atomic E-state index is 0.0169. The molecule has 6 nitrogen and oxygen atoms in total. The van der Waals surface area contributed by atoms with Gasteiger partial charge in [-0.2, -0.15) is 5.10 Å². The predicted molar refractivity (Wildman–Crippen MR) is 107 cm³/mol. The maximum atomic E-state index is 12.5. The number of rotatable bonds is 5. The molecule has 0 aliphatic rings. The van der Waals surface area contributed by atoms with E-state index in [1.807, 2.05) is 32.0 Å². The van der Waals surface area contributed by atoms with Crippen molar-refractivity contribution in [1.82, 2.24) is 19.7 Å². The van der Waals surface area contributed by atoms with E-state index in [0.29, 0.717) is 29.2 Å². The molecule has 0 spiro atoms. The number of pyridine rings is 1. The molecular weight excluding hydrogens is 364 g/mol. The lowest BCUT2D eigenvalue weighted by atomic mass is 10.0. The van der Waals surface area contributed by atoms with Crippen molar-refractivity contribution in [3.63, 3.8) is 0 Å². The maximum absolute atomic E-state index is 12.5. The Hall–Kier alpha value is -2.60. The second kappa shape index (κ2) is 7.56. The number of aromatic nitrogens is 3. The number of aryl methyl sites for hydroxylation is 3. The van der Waals surface area contributed by atoms with E-state index in [2.05, 4.69) is 10.1 Å². The van der Waals surface area contributed by atoms with Crippen molar-refractivity contribution < 1.29 is 4.79 Å². The third-order valence-electron chi connectivity index (χ3n) is 4.88. The summed E-state index contributed by atoms with van der Waals surface area (Å²) in [5.74, 6) is -0.0169. The van der Waals surface area contributed by atoms with Crippen LogP contribution in [0.3, 0.4) is 0 Å². The maximum Gasteiger partial charge on any atom is 0.253 e. The summed E-state index contributed by atoms with van der Waals surface area (Å²) in [6.07, 6.45) is 0.663. The number of aromatic amines is 1. The SMILES string of the molecule is Cc1nn(C)c2[nH]c(=O)c(CCC(=O)N(C)Cc3cccc(Cl)c3)c(C)c12. The number of carbonyl (C=O) groups excluding carboxylic acids is 1. The number of fused-ring (bicyclic) bond motifs is 1. The zero-order valence-corrected chi connectivity index (χ0v) is 16.7. The van der Waals surface area contributed by atoms with Gasteiger partial charge in [-0.1, -0.05) is 23.7 Å². The van der Waals surface area contributed by atoms with Crippen molar-refractivity contribution in [2.24, 2.45) is 7.05 Å². The average molecular weight is 387 g/mol. The van der Waals surface area contributed by atoms with Gasteiger partial charge in [0.25, 0.3) is 5.56 Å². The standard InChI is InChI=1S/C20H23ClN4O2/c1-12-16(20(27)22-19-18(12)13(2)23-25(19)4)8-9-17(26)24(3)11-14-6-5-7-15(21)10-14/h5-7,10H,8-9,11H2,1-4H3,(H,22,27). The summed E-state index contributed by atoms with van der Waals surface area (Å²) in [5, 5.41) is 5.97. The minimum Gasteiger partial charge on any atom is -0.341 e. The van der Waals surface area contributed by atoms with E-state index in [1.165, 1.54) is 0 Å². The zero-order valence-electron chi connectivity index (χ0n) is 16.0. The van der Waals surface area contributed by atoms with Gasteiger partial charge < -0.3 is 9.88 Å². The van der Waals surface area contributed by atoms with Crippen molar-refractivity contribution in [3.8, 4) is 0 Å². The smallest absolute Gasteiger partial charge is 0.253 e. The van der Waals surface area contributed by atoms with E-state index < -0.39 is 0 Å². The number of nitrogens with zero attached hydrogens (tertiary/aromatic N) is 3. The molecule has 0 radical (unpaired) electrons. The van der Waals surface area contributed by atoms with Crippen LogP contribution in [0.1, 0.15) is 28.8 Å². The van der Waals surface area contributed by atoms with Gasteiger partial charge in [0.2, 0.25) is 5.91 Å². The van der Waals surface area contributed by atoms with E-state index in [4.69, 9.17) is 11.6 Å². The van der Waals surface area contributed by atoms with Gasteiger partial charge in [0.1, 0.15) is 5.65 Å². The highest BCUT2D eigenvalue weighted by Crippen LogP contribution is 2.21. The highest BCUT2D eigenvalue weighted by molar-refractivity contribution is 6.30. The third-order valence-corrected chi connectivity index (χ3v) is 5.11. The molecule has 27 heavy (non-hydrogen) atoms. The highest BCUT2D eigenvalue weighted by Gasteiger charge is 2.17. The highest BCUT2D eigenvalue weighted by atomic mass is 35.5. The van der Waals surface area contributed by atoms with Crippen molar-refractivity contribution in [2.45, 2.75) is 33.2 Å². The molecular formula is C20H23ClN4O2. The van der Waals surface area contributed by atoms with Crippen LogP contribution in [-0.4, -0.2) is 32.6 Å². The Morgan fingerprint density at radius 1 is 1.33 bits per heavy atom. The van der Waals surface area contributed by atoms with Crippen LogP contribution in [0, 0.1) is 13.8 Å².